The number of benzene rings is 2. The lowest BCUT2D eigenvalue weighted by atomic mass is 9.94. The third-order valence-electron chi connectivity index (χ3n) is 5.08. The fourth-order valence-electron chi connectivity index (χ4n) is 3.57. The summed E-state index contributed by atoms with van der Waals surface area (Å²) in [5.74, 6) is -2.30. The third-order valence-corrected chi connectivity index (χ3v) is 5.94. The highest BCUT2D eigenvalue weighted by atomic mass is 32.1. The minimum atomic E-state index is -0.992. The second-order valence-electron chi connectivity index (χ2n) is 7.12. The molecule has 6 nitrogen and oxygen atoms in total. The van der Waals surface area contributed by atoms with Gasteiger partial charge in [0.2, 0.25) is 0 Å². The molecule has 1 aliphatic heterocycles. The van der Waals surface area contributed by atoms with Crippen LogP contribution >= 0.6 is 11.3 Å². The maximum absolute atomic E-state index is 13.0. The average Bonchev–Trinajstić information content (AvgIpc) is 3.31. The largest absolute Gasteiger partial charge is 0.508 e. The van der Waals surface area contributed by atoms with Crippen LogP contribution in [0.3, 0.4) is 0 Å². The molecule has 1 aromatic heterocycles. The lowest BCUT2D eigenvalue weighted by Crippen LogP contribution is -2.28. The highest BCUT2D eigenvalue weighted by molar-refractivity contribution is 7.09. The summed E-state index contributed by atoms with van der Waals surface area (Å²) in [6, 6.07) is 13.6. The number of carbonyl (C=O) groups is 2. The van der Waals surface area contributed by atoms with Gasteiger partial charge in [-0.15, -0.1) is 11.3 Å². The van der Waals surface area contributed by atoms with Gasteiger partial charge in [-0.3, -0.25) is 9.59 Å². The SMILES string of the molecule is Cc1ccc(/C(O)=C2\C(=O)C(=O)N(Cc3cccs3)C2c2ccc(O)cc2O)cc1. The van der Waals surface area contributed by atoms with Crippen LogP contribution in [0, 0.1) is 6.92 Å². The summed E-state index contributed by atoms with van der Waals surface area (Å²) < 4.78 is 0. The maximum Gasteiger partial charge on any atom is 0.295 e. The van der Waals surface area contributed by atoms with Crippen LogP contribution < -0.4 is 0 Å². The Hall–Kier alpha value is -3.58. The molecule has 152 valence electrons. The summed E-state index contributed by atoms with van der Waals surface area (Å²) in [6.07, 6.45) is 0. The van der Waals surface area contributed by atoms with E-state index in [0.717, 1.165) is 16.5 Å². The number of aryl methyl sites for hydroxylation is 1. The molecule has 1 fully saturated rings. The Morgan fingerprint density at radius 3 is 2.43 bits per heavy atom. The number of hydrogen-bond donors (Lipinski definition) is 3. The molecule has 1 unspecified atom stereocenters. The van der Waals surface area contributed by atoms with E-state index in [1.807, 2.05) is 24.4 Å². The molecule has 0 bridgehead atoms. The number of hydrogen-bond acceptors (Lipinski definition) is 6. The Balaban J connectivity index is 1.90. The molecule has 1 amide bonds. The first kappa shape index (κ1) is 19.7. The van der Waals surface area contributed by atoms with E-state index in [-0.39, 0.29) is 34.9 Å². The van der Waals surface area contributed by atoms with Gasteiger partial charge in [-0.2, -0.15) is 0 Å². The van der Waals surface area contributed by atoms with Crippen LogP contribution in [-0.2, 0) is 16.1 Å². The van der Waals surface area contributed by atoms with E-state index in [1.54, 1.807) is 24.3 Å². The number of nitrogens with zero attached hydrogens (tertiary/aromatic N) is 1. The third kappa shape index (κ3) is 3.44. The number of phenols is 2. The normalized spacial score (nSPS) is 18.2. The van der Waals surface area contributed by atoms with Crippen LogP contribution in [0.4, 0.5) is 0 Å². The van der Waals surface area contributed by atoms with Crippen molar-refractivity contribution < 1.29 is 24.9 Å². The zero-order valence-electron chi connectivity index (χ0n) is 16.1. The molecule has 2 heterocycles. The fourth-order valence-corrected chi connectivity index (χ4v) is 4.27. The van der Waals surface area contributed by atoms with Gasteiger partial charge in [-0.25, -0.2) is 0 Å². The predicted molar refractivity (Wildman–Crippen MR) is 113 cm³/mol. The van der Waals surface area contributed by atoms with Crippen molar-refractivity contribution in [2.75, 3.05) is 0 Å². The van der Waals surface area contributed by atoms with Crippen LogP contribution in [0.2, 0.25) is 0 Å². The number of carbonyl (C=O) groups excluding carboxylic acids is 2. The van der Waals surface area contributed by atoms with E-state index in [4.69, 9.17) is 0 Å². The van der Waals surface area contributed by atoms with E-state index in [2.05, 4.69) is 0 Å². The topological polar surface area (TPSA) is 98.1 Å². The average molecular weight is 421 g/mol. The zero-order valence-corrected chi connectivity index (χ0v) is 16.9. The predicted octanol–water partition coefficient (Wildman–Crippen LogP) is 4.09. The van der Waals surface area contributed by atoms with Gasteiger partial charge in [0.05, 0.1) is 18.2 Å². The number of amides is 1. The van der Waals surface area contributed by atoms with E-state index >= 15 is 0 Å². The number of phenolic OH excluding ortho intramolecular Hbond substituents is 2. The van der Waals surface area contributed by atoms with Crippen molar-refractivity contribution >= 4 is 28.8 Å². The van der Waals surface area contributed by atoms with Gasteiger partial charge in [-0.05, 0) is 30.5 Å². The Kier molecular flexibility index (Phi) is 5.05. The molecule has 1 atom stereocenters. The lowest BCUT2D eigenvalue weighted by molar-refractivity contribution is -0.140. The zero-order chi connectivity index (χ0) is 21.4. The molecule has 3 N–H and O–H groups in total. The van der Waals surface area contributed by atoms with Crippen molar-refractivity contribution in [3.63, 3.8) is 0 Å². The molecule has 0 spiro atoms. The van der Waals surface area contributed by atoms with Gasteiger partial charge in [0.15, 0.2) is 0 Å². The molecule has 0 saturated carbocycles. The van der Waals surface area contributed by atoms with E-state index in [1.165, 1.54) is 28.4 Å². The molecule has 3 aromatic rings. The van der Waals surface area contributed by atoms with Crippen LogP contribution in [0.15, 0.2) is 65.6 Å². The summed E-state index contributed by atoms with van der Waals surface area (Å²) in [5, 5.41) is 33.0. The number of thiophene rings is 1. The first-order valence-electron chi connectivity index (χ1n) is 9.26. The first-order chi connectivity index (χ1) is 14.4. The van der Waals surface area contributed by atoms with Gasteiger partial charge >= 0.3 is 0 Å². The van der Waals surface area contributed by atoms with Crippen LogP contribution in [-0.4, -0.2) is 31.9 Å². The minimum Gasteiger partial charge on any atom is -0.508 e. The van der Waals surface area contributed by atoms with Crippen LogP contribution in [0.5, 0.6) is 11.5 Å². The summed E-state index contributed by atoms with van der Waals surface area (Å²) in [7, 11) is 0. The van der Waals surface area contributed by atoms with Crippen molar-refractivity contribution in [3.05, 3.63) is 87.1 Å². The minimum absolute atomic E-state index is 0.0959. The smallest absolute Gasteiger partial charge is 0.295 e. The quantitative estimate of drug-likeness (QED) is 0.335. The van der Waals surface area contributed by atoms with Gasteiger partial charge in [0.25, 0.3) is 11.7 Å². The molecule has 0 aliphatic carbocycles. The first-order valence-corrected chi connectivity index (χ1v) is 10.1. The number of rotatable bonds is 4. The molecule has 30 heavy (non-hydrogen) atoms. The number of aliphatic hydroxyl groups excluding tert-OH is 1. The highest BCUT2D eigenvalue weighted by Crippen LogP contribution is 2.44. The van der Waals surface area contributed by atoms with Crippen molar-refractivity contribution in [2.45, 2.75) is 19.5 Å². The molecular weight excluding hydrogens is 402 g/mol. The maximum atomic E-state index is 13.0. The Morgan fingerprint density at radius 1 is 1.07 bits per heavy atom. The number of ketones is 1. The molecular formula is C23H19NO5S. The van der Waals surface area contributed by atoms with Crippen molar-refractivity contribution in [1.29, 1.82) is 0 Å². The number of aromatic hydroxyl groups is 2. The lowest BCUT2D eigenvalue weighted by Gasteiger charge is -2.25. The van der Waals surface area contributed by atoms with Crippen LogP contribution in [0.1, 0.15) is 27.6 Å². The van der Waals surface area contributed by atoms with Crippen LogP contribution in [0.25, 0.3) is 5.76 Å². The number of Topliss-reactive ketones (excluding diaryl/α,β-unsaturated/α-hetero) is 1. The van der Waals surface area contributed by atoms with Crippen molar-refractivity contribution in [2.24, 2.45) is 0 Å². The molecule has 1 saturated heterocycles. The standard InChI is InChI=1S/C23H19NO5S/c1-13-4-6-14(7-5-13)21(27)19-20(17-9-8-15(25)11-18(17)26)24(23(29)22(19)28)12-16-3-2-10-30-16/h2-11,20,25-27H,12H2,1H3/b21-19+. The van der Waals surface area contributed by atoms with E-state index in [0.29, 0.717) is 5.56 Å². The number of likely N-dealkylation sites (tertiary alicyclic amines) is 1. The van der Waals surface area contributed by atoms with Crippen molar-refractivity contribution in [3.8, 4) is 11.5 Å². The van der Waals surface area contributed by atoms with E-state index in [9.17, 15) is 24.9 Å². The molecule has 1 aliphatic rings. The van der Waals surface area contributed by atoms with E-state index < -0.39 is 17.7 Å². The van der Waals surface area contributed by atoms with Gasteiger partial charge in [-0.1, -0.05) is 35.9 Å². The molecule has 7 heteroatoms. The van der Waals surface area contributed by atoms with Gasteiger partial charge < -0.3 is 20.2 Å². The highest BCUT2D eigenvalue weighted by Gasteiger charge is 2.47. The summed E-state index contributed by atoms with van der Waals surface area (Å²) in [5.41, 5.74) is 1.54. The molecule has 4 rings (SSSR count). The monoisotopic (exact) mass is 421 g/mol. The Morgan fingerprint density at radius 2 is 1.80 bits per heavy atom. The fraction of sp³-hybridized carbons (Fsp3) is 0.130. The second kappa shape index (κ2) is 7.68. The second-order valence-corrected chi connectivity index (χ2v) is 8.15. The Bertz CT molecular complexity index is 1150. The number of aliphatic hydroxyl groups is 1. The van der Waals surface area contributed by atoms with Gasteiger partial charge in [0, 0.05) is 22.1 Å². The molecule has 2 aromatic carbocycles. The molecule has 0 radical (unpaired) electrons. The van der Waals surface area contributed by atoms with Gasteiger partial charge in [0.1, 0.15) is 17.3 Å². The summed E-state index contributed by atoms with van der Waals surface area (Å²) in [6.45, 7) is 2.05. The van der Waals surface area contributed by atoms with Crippen molar-refractivity contribution in [1.82, 2.24) is 4.90 Å². The summed E-state index contributed by atoms with van der Waals surface area (Å²) in [4.78, 5) is 28.0. The summed E-state index contributed by atoms with van der Waals surface area (Å²) >= 11 is 1.44. The Labute approximate surface area is 177 Å².